The van der Waals surface area contributed by atoms with Gasteiger partial charge in [-0.1, -0.05) is 76.6 Å². The van der Waals surface area contributed by atoms with Crippen molar-refractivity contribution in [1.82, 2.24) is 9.55 Å². The molecule has 142 valence electrons. The lowest BCUT2D eigenvalue weighted by Gasteiger charge is -2.12. The zero-order valence-corrected chi connectivity index (χ0v) is 17.3. The third kappa shape index (κ3) is 3.64. The Morgan fingerprint density at radius 2 is 1.62 bits per heavy atom. The van der Waals surface area contributed by atoms with Gasteiger partial charge in [-0.2, -0.15) is 0 Å². The van der Waals surface area contributed by atoms with Crippen molar-refractivity contribution in [3.63, 3.8) is 0 Å². The number of imidazole rings is 1. The van der Waals surface area contributed by atoms with E-state index in [9.17, 15) is 0 Å². The van der Waals surface area contributed by atoms with Crippen molar-refractivity contribution in [2.45, 2.75) is 13.2 Å². The molecule has 0 aliphatic heterocycles. The molecule has 0 spiro atoms. The Balaban J connectivity index is 1.51. The number of nitrogens with zero attached hydrogens (tertiary/aromatic N) is 2. The summed E-state index contributed by atoms with van der Waals surface area (Å²) >= 11 is 3.57. The Hall–Kier alpha value is -3.11. The average molecular weight is 443 g/mol. The van der Waals surface area contributed by atoms with Gasteiger partial charge in [-0.15, -0.1) is 0 Å². The Bertz CT molecular complexity index is 1300. The first-order valence-electron chi connectivity index (χ1n) is 9.57. The normalized spacial score (nSPS) is 11.2. The van der Waals surface area contributed by atoms with Crippen LogP contribution in [0.2, 0.25) is 0 Å². The molecule has 0 N–H and O–H groups in total. The van der Waals surface area contributed by atoms with Crippen molar-refractivity contribution >= 4 is 37.7 Å². The molecule has 0 fully saturated rings. The first-order valence-corrected chi connectivity index (χ1v) is 10.4. The quantitative estimate of drug-likeness (QED) is 0.307. The van der Waals surface area contributed by atoms with E-state index in [1.807, 2.05) is 42.5 Å². The lowest BCUT2D eigenvalue weighted by molar-refractivity contribution is 0.295. The minimum atomic E-state index is 0.413. The van der Waals surface area contributed by atoms with Crippen LogP contribution in [-0.2, 0) is 13.2 Å². The van der Waals surface area contributed by atoms with E-state index in [4.69, 9.17) is 9.72 Å². The van der Waals surface area contributed by atoms with Crippen LogP contribution >= 0.6 is 15.9 Å². The Morgan fingerprint density at radius 1 is 0.828 bits per heavy atom. The number of rotatable bonds is 5. The molecule has 0 bridgehead atoms. The molecule has 29 heavy (non-hydrogen) atoms. The molecule has 0 amide bonds. The smallest absolute Gasteiger partial charge is 0.148 e. The van der Waals surface area contributed by atoms with Gasteiger partial charge in [0.05, 0.1) is 11.0 Å². The number of halogens is 1. The van der Waals surface area contributed by atoms with E-state index >= 15 is 0 Å². The van der Waals surface area contributed by atoms with Gasteiger partial charge >= 0.3 is 0 Å². The van der Waals surface area contributed by atoms with Crippen LogP contribution < -0.4 is 4.74 Å². The van der Waals surface area contributed by atoms with E-state index < -0.39 is 0 Å². The van der Waals surface area contributed by atoms with Gasteiger partial charge in [0.2, 0.25) is 0 Å². The molecule has 0 aliphatic rings. The van der Waals surface area contributed by atoms with Crippen molar-refractivity contribution < 1.29 is 4.74 Å². The Kier molecular flexibility index (Phi) is 4.78. The summed E-state index contributed by atoms with van der Waals surface area (Å²) < 4.78 is 9.56. The van der Waals surface area contributed by atoms with Gasteiger partial charge < -0.3 is 9.30 Å². The second-order valence-corrected chi connectivity index (χ2v) is 7.91. The standard InChI is InChI=1S/C25H19BrN2O/c26-20-10-5-7-18(15-20)16-28-23-13-4-3-12-22(23)27-25(28)17-29-24-14-6-9-19-8-1-2-11-21(19)24/h1-15H,16-17H2. The van der Waals surface area contributed by atoms with Crippen molar-refractivity contribution in [3.8, 4) is 5.75 Å². The second kappa shape index (κ2) is 7.72. The minimum Gasteiger partial charge on any atom is -0.485 e. The highest BCUT2D eigenvalue weighted by Gasteiger charge is 2.12. The van der Waals surface area contributed by atoms with Crippen LogP contribution in [0, 0.1) is 0 Å². The lowest BCUT2D eigenvalue weighted by Crippen LogP contribution is -2.08. The molecule has 0 unspecified atom stereocenters. The molecule has 0 radical (unpaired) electrons. The molecular formula is C25H19BrN2O. The Morgan fingerprint density at radius 3 is 2.55 bits per heavy atom. The average Bonchev–Trinajstić information content (AvgIpc) is 3.10. The maximum atomic E-state index is 6.24. The number of ether oxygens (including phenoxy) is 1. The molecule has 0 atom stereocenters. The van der Waals surface area contributed by atoms with E-state index in [1.165, 1.54) is 10.9 Å². The lowest BCUT2D eigenvalue weighted by atomic mass is 10.1. The molecule has 1 aromatic heterocycles. The molecule has 5 aromatic rings. The summed E-state index contributed by atoms with van der Waals surface area (Å²) in [5.41, 5.74) is 3.32. The van der Waals surface area contributed by atoms with Crippen LogP contribution in [0.1, 0.15) is 11.4 Å². The fourth-order valence-electron chi connectivity index (χ4n) is 3.69. The number of aromatic nitrogens is 2. The highest BCUT2D eigenvalue weighted by atomic mass is 79.9. The number of hydrogen-bond acceptors (Lipinski definition) is 2. The largest absolute Gasteiger partial charge is 0.485 e. The zero-order chi connectivity index (χ0) is 19.6. The number of para-hydroxylation sites is 2. The first-order chi connectivity index (χ1) is 14.3. The molecule has 3 nitrogen and oxygen atoms in total. The molecule has 5 rings (SSSR count). The number of benzene rings is 4. The minimum absolute atomic E-state index is 0.413. The highest BCUT2D eigenvalue weighted by Crippen LogP contribution is 2.27. The van der Waals surface area contributed by atoms with Gasteiger partial charge in [0, 0.05) is 16.4 Å². The number of fused-ring (bicyclic) bond motifs is 2. The summed E-state index contributed by atoms with van der Waals surface area (Å²) in [5, 5.41) is 2.29. The molecular weight excluding hydrogens is 424 g/mol. The van der Waals surface area contributed by atoms with Crippen molar-refractivity contribution in [2.75, 3.05) is 0 Å². The van der Waals surface area contributed by atoms with Gasteiger partial charge in [-0.05, 0) is 41.3 Å². The SMILES string of the molecule is Brc1cccc(Cn2c(COc3cccc4ccccc34)nc3ccccc32)c1. The molecule has 4 aromatic carbocycles. The van der Waals surface area contributed by atoms with Crippen LogP contribution in [0.15, 0.2) is 95.5 Å². The maximum Gasteiger partial charge on any atom is 0.148 e. The Labute approximate surface area is 177 Å². The fraction of sp³-hybridized carbons (Fsp3) is 0.0800. The van der Waals surface area contributed by atoms with Crippen LogP contribution in [0.4, 0.5) is 0 Å². The van der Waals surface area contributed by atoms with Gasteiger partial charge in [0.25, 0.3) is 0 Å². The van der Waals surface area contributed by atoms with Crippen molar-refractivity contribution in [3.05, 3.63) is 107 Å². The summed E-state index contributed by atoms with van der Waals surface area (Å²) in [4.78, 5) is 4.85. The van der Waals surface area contributed by atoms with E-state index in [0.29, 0.717) is 6.61 Å². The summed E-state index contributed by atoms with van der Waals surface area (Å²) in [6.07, 6.45) is 0. The summed E-state index contributed by atoms with van der Waals surface area (Å²) in [6, 6.07) is 31.0. The van der Waals surface area contributed by atoms with E-state index in [2.05, 4.69) is 69.0 Å². The molecule has 0 saturated carbocycles. The van der Waals surface area contributed by atoms with Gasteiger partial charge in [0.1, 0.15) is 18.2 Å². The summed E-state index contributed by atoms with van der Waals surface area (Å²) in [6.45, 7) is 1.16. The molecule has 0 aliphatic carbocycles. The van der Waals surface area contributed by atoms with E-state index in [0.717, 1.165) is 39.0 Å². The maximum absolute atomic E-state index is 6.24. The first kappa shape index (κ1) is 18.0. The predicted octanol–water partition coefficient (Wildman–Crippen LogP) is 6.58. The predicted molar refractivity (Wildman–Crippen MR) is 121 cm³/mol. The third-order valence-corrected chi connectivity index (χ3v) is 5.56. The van der Waals surface area contributed by atoms with E-state index in [1.54, 1.807) is 0 Å². The van der Waals surface area contributed by atoms with Gasteiger partial charge in [0.15, 0.2) is 0 Å². The van der Waals surface area contributed by atoms with Crippen LogP contribution in [0.5, 0.6) is 5.75 Å². The zero-order valence-electron chi connectivity index (χ0n) is 15.8. The van der Waals surface area contributed by atoms with Crippen LogP contribution in [0.3, 0.4) is 0 Å². The van der Waals surface area contributed by atoms with Gasteiger partial charge in [-0.3, -0.25) is 0 Å². The topological polar surface area (TPSA) is 27.1 Å². The van der Waals surface area contributed by atoms with Crippen LogP contribution in [0.25, 0.3) is 21.8 Å². The van der Waals surface area contributed by atoms with Crippen molar-refractivity contribution in [1.29, 1.82) is 0 Å². The molecule has 1 heterocycles. The highest BCUT2D eigenvalue weighted by molar-refractivity contribution is 9.10. The monoisotopic (exact) mass is 442 g/mol. The molecule has 0 saturated heterocycles. The number of hydrogen-bond donors (Lipinski definition) is 0. The fourth-order valence-corrected chi connectivity index (χ4v) is 4.14. The third-order valence-electron chi connectivity index (χ3n) is 5.07. The van der Waals surface area contributed by atoms with Crippen molar-refractivity contribution in [2.24, 2.45) is 0 Å². The summed E-state index contributed by atoms with van der Waals surface area (Å²) in [5.74, 6) is 1.79. The van der Waals surface area contributed by atoms with E-state index in [-0.39, 0.29) is 0 Å². The second-order valence-electron chi connectivity index (χ2n) is 7.00. The van der Waals surface area contributed by atoms with Crippen LogP contribution in [-0.4, -0.2) is 9.55 Å². The summed E-state index contributed by atoms with van der Waals surface area (Å²) in [7, 11) is 0. The van der Waals surface area contributed by atoms with Gasteiger partial charge in [-0.25, -0.2) is 4.98 Å². The molecule has 4 heteroatoms.